The van der Waals surface area contributed by atoms with E-state index in [4.69, 9.17) is 0 Å². The molecule has 43 heavy (non-hydrogen) atoms. The topological polar surface area (TPSA) is 98.7 Å². The number of carbonyl (C=O) groups is 1. The predicted octanol–water partition coefficient (Wildman–Crippen LogP) is 4.70. The normalized spacial score (nSPS) is 24.8. The lowest BCUT2D eigenvalue weighted by atomic mass is 9.78. The first-order valence-electron chi connectivity index (χ1n) is 16.4. The molecule has 0 spiro atoms. The van der Waals surface area contributed by atoms with Crippen LogP contribution in [0.2, 0.25) is 0 Å². The summed E-state index contributed by atoms with van der Waals surface area (Å²) < 4.78 is 25.4. The monoisotopic (exact) mass is 608 g/mol. The number of carbonyl (C=O) groups excluding carboxylic acids is 1. The molecular weight excluding hydrogens is 560 g/mol. The Bertz CT molecular complexity index is 1350. The fourth-order valence-corrected chi connectivity index (χ4v) is 8.43. The molecule has 1 aromatic carbocycles. The second-order valence-electron chi connectivity index (χ2n) is 13.3. The Labute approximate surface area is 257 Å². The van der Waals surface area contributed by atoms with Crippen LogP contribution in [0.4, 0.5) is 5.82 Å². The molecule has 6 rings (SSSR count). The van der Waals surface area contributed by atoms with Crippen LogP contribution >= 0.6 is 0 Å². The average Bonchev–Trinajstić information content (AvgIpc) is 3.89. The van der Waals surface area contributed by atoms with Gasteiger partial charge in [0.15, 0.2) is 0 Å². The number of aromatic nitrogens is 2. The Kier molecular flexibility index (Phi) is 9.35. The number of amides is 1. The van der Waals surface area contributed by atoms with Crippen LogP contribution in [0.15, 0.2) is 36.7 Å². The van der Waals surface area contributed by atoms with Crippen molar-refractivity contribution in [3.8, 4) is 0 Å². The highest BCUT2D eigenvalue weighted by Crippen LogP contribution is 2.45. The van der Waals surface area contributed by atoms with Crippen molar-refractivity contribution in [2.75, 3.05) is 51.3 Å². The van der Waals surface area contributed by atoms with Crippen LogP contribution < -0.4 is 5.32 Å². The van der Waals surface area contributed by atoms with Crippen LogP contribution in [0.3, 0.4) is 0 Å². The summed E-state index contributed by atoms with van der Waals surface area (Å²) in [7, 11) is -1.47. The number of likely N-dealkylation sites (tertiary alicyclic amines) is 2. The summed E-state index contributed by atoms with van der Waals surface area (Å²) in [5.41, 5.74) is 3.07. The van der Waals surface area contributed by atoms with E-state index in [0.717, 1.165) is 82.6 Å². The van der Waals surface area contributed by atoms with E-state index in [0.29, 0.717) is 29.5 Å². The van der Waals surface area contributed by atoms with Gasteiger partial charge in [-0.15, -0.1) is 0 Å². The Morgan fingerprint density at radius 2 is 1.65 bits per heavy atom. The van der Waals surface area contributed by atoms with E-state index in [2.05, 4.69) is 50.5 Å². The van der Waals surface area contributed by atoms with Gasteiger partial charge >= 0.3 is 0 Å². The van der Waals surface area contributed by atoms with Gasteiger partial charge in [0.1, 0.15) is 17.8 Å². The second-order valence-corrected chi connectivity index (χ2v) is 15.4. The van der Waals surface area contributed by atoms with Gasteiger partial charge in [-0.3, -0.25) is 4.79 Å². The van der Waals surface area contributed by atoms with Gasteiger partial charge in [0, 0.05) is 44.3 Å². The maximum absolute atomic E-state index is 13.8. The van der Waals surface area contributed by atoms with Crippen LogP contribution in [-0.2, 0) is 10.0 Å². The largest absolute Gasteiger partial charge is 0.369 e. The third-order valence-corrected chi connectivity index (χ3v) is 11.8. The number of sulfonamides is 1. The lowest BCUT2D eigenvalue weighted by Gasteiger charge is -2.43. The van der Waals surface area contributed by atoms with Crippen molar-refractivity contribution in [1.82, 2.24) is 24.1 Å². The molecule has 9 nitrogen and oxygen atoms in total. The molecule has 4 aliphatic rings. The number of benzene rings is 1. The summed E-state index contributed by atoms with van der Waals surface area (Å²) in [5.74, 6) is 2.49. The average molecular weight is 609 g/mol. The summed E-state index contributed by atoms with van der Waals surface area (Å²) >= 11 is 0. The fraction of sp³-hybridized carbons (Fsp3) is 0.667. The van der Waals surface area contributed by atoms with E-state index in [9.17, 15) is 13.2 Å². The number of nitrogens with zero attached hydrogens (tertiary/aromatic N) is 5. The Morgan fingerprint density at radius 3 is 2.33 bits per heavy atom. The third-order valence-electron chi connectivity index (χ3n) is 10.5. The van der Waals surface area contributed by atoms with E-state index in [1.54, 1.807) is 13.4 Å². The van der Waals surface area contributed by atoms with Crippen LogP contribution in [0.5, 0.6) is 0 Å². The van der Waals surface area contributed by atoms with E-state index < -0.39 is 10.0 Å². The van der Waals surface area contributed by atoms with Crippen LogP contribution in [0.25, 0.3) is 0 Å². The van der Waals surface area contributed by atoms with Crippen molar-refractivity contribution < 1.29 is 13.2 Å². The minimum Gasteiger partial charge on any atom is -0.369 e. The standard InChI is InChI=1S/C33H48N6O3S/c1-37(43(2,41)42)28-13-17-38(18-14-28)29-15-19-39(20-16-29)33(40)31-30(26-11-12-26)32(36-23-35-31)34-22-24-7-6-10-27(21-24)25-8-4-3-5-9-25/h3-5,8-9,23-24,26-29H,6-7,10-22H2,1-2H3,(H,34,35,36). The van der Waals surface area contributed by atoms with Crippen LogP contribution in [0, 0.1) is 5.92 Å². The molecule has 1 amide bonds. The molecule has 0 bridgehead atoms. The smallest absolute Gasteiger partial charge is 0.272 e. The van der Waals surface area contributed by atoms with Gasteiger partial charge in [0.05, 0.1) is 6.26 Å². The highest BCUT2D eigenvalue weighted by Gasteiger charge is 2.37. The minimum absolute atomic E-state index is 0.0427. The van der Waals surface area contributed by atoms with Crippen molar-refractivity contribution in [2.45, 2.75) is 88.1 Å². The molecule has 2 aliphatic heterocycles. The quantitative estimate of drug-likeness (QED) is 0.441. The fourth-order valence-electron chi connectivity index (χ4n) is 7.68. The van der Waals surface area contributed by atoms with E-state index in [1.165, 1.54) is 41.8 Å². The molecule has 4 fully saturated rings. The highest BCUT2D eigenvalue weighted by atomic mass is 32.2. The Hall–Kier alpha value is -2.56. The zero-order valence-electron chi connectivity index (χ0n) is 25.8. The molecular formula is C33H48N6O3S. The number of piperidine rings is 2. The van der Waals surface area contributed by atoms with Gasteiger partial charge in [0.2, 0.25) is 10.0 Å². The molecule has 2 saturated heterocycles. The summed E-state index contributed by atoms with van der Waals surface area (Å²) in [5, 5.41) is 3.68. The number of hydrogen-bond donors (Lipinski definition) is 1. The Morgan fingerprint density at radius 1 is 0.930 bits per heavy atom. The van der Waals surface area contributed by atoms with E-state index in [1.807, 2.05) is 4.90 Å². The number of anilines is 1. The maximum Gasteiger partial charge on any atom is 0.272 e. The molecule has 2 aliphatic carbocycles. The number of nitrogens with one attached hydrogen (secondary N) is 1. The molecule has 2 unspecified atom stereocenters. The zero-order valence-corrected chi connectivity index (χ0v) is 26.6. The summed E-state index contributed by atoms with van der Waals surface area (Å²) in [6.45, 7) is 4.15. The molecule has 3 heterocycles. The number of hydrogen-bond acceptors (Lipinski definition) is 7. The Balaban J connectivity index is 1.04. The molecule has 2 aromatic rings. The molecule has 10 heteroatoms. The van der Waals surface area contributed by atoms with Crippen LogP contribution in [0.1, 0.15) is 97.7 Å². The van der Waals surface area contributed by atoms with Crippen molar-refractivity contribution in [3.63, 3.8) is 0 Å². The molecule has 1 N–H and O–H groups in total. The van der Waals surface area contributed by atoms with Crippen molar-refractivity contribution in [1.29, 1.82) is 0 Å². The van der Waals surface area contributed by atoms with E-state index in [-0.39, 0.29) is 11.9 Å². The molecule has 0 radical (unpaired) electrons. The maximum atomic E-state index is 13.8. The van der Waals surface area contributed by atoms with Crippen molar-refractivity contribution >= 4 is 21.7 Å². The van der Waals surface area contributed by atoms with Crippen molar-refractivity contribution in [3.05, 3.63) is 53.5 Å². The van der Waals surface area contributed by atoms with E-state index >= 15 is 0 Å². The van der Waals surface area contributed by atoms with Gasteiger partial charge in [-0.2, -0.15) is 0 Å². The first kappa shape index (κ1) is 30.5. The molecule has 1 aromatic heterocycles. The summed E-state index contributed by atoms with van der Waals surface area (Å²) in [4.78, 5) is 27.6. The van der Waals surface area contributed by atoms with Gasteiger partial charge in [-0.1, -0.05) is 36.8 Å². The van der Waals surface area contributed by atoms with Gasteiger partial charge < -0.3 is 15.1 Å². The first-order valence-corrected chi connectivity index (χ1v) is 18.2. The predicted molar refractivity (Wildman–Crippen MR) is 170 cm³/mol. The number of rotatable bonds is 9. The SMILES string of the molecule is CN(C1CCN(C2CCN(C(=O)c3ncnc(NCC4CCCC(c5ccccc5)C4)c3C3CC3)CC2)CC1)S(C)(=O)=O. The summed E-state index contributed by atoms with van der Waals surface area (Å²) in [6, 6.07) is 11.4. The molecule has 234 valence electrons. The summed E-state index contributed by atoms with van der Waals surface area (Å²) in [6.07, 6.45) is 13.6. The minimum atomic E-state index is -3.16. The zero-order chi connectivity index (χ0) is 30.0. The van der Waals surface area contributed by atoms with Gasteiger partial charge in [-0.05, 0) is 94.2 Å². The van der Waals surface area contributed by atoms with Gasteiger partial charge in [0.25, 0.3) is 5.91 Å². The first-order chi connectivity index (χ1) is 20.8. The molecule has 2 saturated carbocycles. The lowest BCUT2D eigenvalue weighted by molar-refractivity contribution is 0.0542. The second kappa shape index (κ2) is 13.2. The highest BCUT2D eigenvalue weighted by molar-refractivity contribution is 7.88. The lowest BCUT2D eigenvalue weighted by Crippen LogP contribution is -2.52. The molecule has 2 atom stereocenters. The third kappa shape index (κ3) is 7.23. The van der Waals surface area contributed by atoms with Crippen molar-refractivity contribution in [2.24, 2.45) is 5.92 Å². The van der Waals surface area contributed by atoms with Crippen LogP contribution in [-0.4, -0.2) is 96.5 Å². The van der Waals surface area contributed by atoms with Gasteiger partial charge in [-0.25, -0.2) is 22.7 Å².